The third kappa shape index (κ3) is 6.51. The number of hydrogen-bond donors (Lipinski definition) is 1. The van der Waals surface area contributed by atoms with E-state index in [9.17, 15) is 14.4 Å². The zero-order valence-electron chi connectivity index (χ0n) is 19.5. The van der Waals surface area contributed by atoms with Crippen LogP contribution in [0.25, 0.3) is 0 Å². The maximum Gasteiger partial charge on any atom is 0.339 e. The normalized spacial score (nSPS) is 20.0. The molecule has 3 rings (SSSR count). The highest BCUT2D eigenvalue weighted by Crippen LogP contribution is 2.36. The van der Waals surface area contributed by atoms with E-state index in [1.165, 1.54) is 12.1 Å². The molecule has 0 heterocycles. The molecule has 3 atom stereocenters. The number of amides is 1. The van der Waals surface area contributed by atoms with Gasteiger partial charge in [0.15, 0.2) is 6.61 Å². The number of carbonyl (C=O) groups excluding carboxylic acids is 3. The molecular weight excluding hydrogens is 477 g/mol. The summed E-state index contributed by atoms with van der Waals surface area (Å²) in [6.45, 7) is 5.87. The van der Waals surface area contributed by atoms with Crippen LogP contribution in [-0.4, -0.2) is 30.6 Å². The van der Waals surface area contributed by atoms with Crippen molar-refractivity contribution in [2.24, 2.45) is 17.8 Å². The smallest absolute Gasteiger partial charge is 0.339 e. The number of esters is 2. The summed E-state index contributed by atoms with van der Waals surface area (Å²) >= 11 is 12.0. The van der Waals surface area contributed by atoms with Crippen molar-refractivity contribution < 1.29 is 23.9 Å². The van der Waals surface area contributed by atoms with Gasteiger partial charge in [0.2, 0.25) is 0 Å². The Morgan fingerprint density at radius 2 is 1.68 bits per heavy atom. The van der Waals surface area contributed by atoms with Crippen LogP contribution < -0.4 is 5.32 Å². The van der Waals surface area contributed by atoms with Crippen LogP contribution in [0.15, 0.2) is 42.5 Å². The Morgan fingerprint density at radius 3 is 2.35 bits per heavy atom. The minimum atomic E-state index is -0.794. The molecule has 1 aliphatic carbocycles. The van der Waals surface area contributed by atoms with E-state index in [2.05, 4.69) is 26.1 Å². The Kier molecular flexibility index (Phi) is 8.97. The molecule has 1 aliphatic rings. The second kappa shape index (κ2) is 11.7. The van der Waals surface area contributed by atoms with Gasteiger partial charge < -0.3 is 14.8 Å². The van der Waals surface area contributed by atoms with Crippen molar-refractivity contribution in [2.75, 3.05) is 11.9 Å². The number of anilines is 1. The van der Waals surface area contributed by atoms with Crippen LogP contribution in [0.5, 0.6) is 0 Å². The van der Waals surface area contributed by atoms with Crippen molar-refractivity contribution in [1.29, 1.82) is 0 Å². The molecule has 1 N–H and O–H groups in total. The van der Waals surface area contributed by atoms with Crippen LogP contribution >= 0.6 is 23.2 Å². The fraction of sp³-hybridized carbons (Fsp3) is 0.423. The summed E-state index contributed by atoms with van der Waals surface area (Å²) in [7, 11) is 0. The maximum absolute atomic E-state index is 13.0. The summed E-state index contributed by atoms with van der Waals surface area (Å²) < 4.78 is 11.0. The van der Waals surface area contributed by atoms with Gasteiger partial charge in [-0.3, -0.25) is 4.79 Å². The minimum absolute atomic E-state index is 0.0473. The van der Waals surface area contributed by atoms with E-state index in [4.69, 9.17) is 32.7 Å². The van der Waals surface area contributed by atoms with Crippen LogP contribution in [0.4, 0.5) is 5.69 Å². The van der Waals surface area contributed by atoms with Gasteiger partial charge in [-0.05, 0) is 54.9 Å². The third-order valence-corrected chi connectivity index (χ3v) is 6.97. The van der Waals surface area contributed by atoms with E-state index < -0.39 is 24.5 Å². The van der Waals surface area contributed by atoms with E-state index >= 15 is 0 Å². The van der Waals surface area contributed by atoms with E-state index in [1.54, 1.807) is 30.3 Å². The largest absolute Gasteiger partial charge is 0.458 e. The van der Waals surface area contributed by atoms with Gasteiger partial charge in [0.25, 0.3) is 5.91 Å². The molecule has 0 spiro atoms. The van der Waals surface area contributed by atoms with Crippen molar-refractivity contribution in [3.63, 3.8) is 0 Å². The zero-order valence-corrected chi connectivity index (χ0v) is 21.0. The maximum atomic E-state index is 13.0. The van der Waals surface area contributed by atoms with E-state index in [0.29, 0.717) is 17.5 Å². The first-order chi connectivity index (χ1) is 16.2. The molecular formula is C26H29Cl2NO5. The van der Waals surface area contributed by atoms with Gasteiger partial charge in [-0.25, -0.2) is 9.59 Å². The van der Waals surface area contributed by atoms with E-state index in [1.807, 2.05) is 0 Å². The highest BCUT2D eigenvalue weighted by Gasteiger charge is 2.34. The first kappa shape index (κ1) is 26.0. The first-order valence-electron chi connectivity index (χ1n) is 11.4. The summed E-state index contributed by atoms with van der Waals surface area (Å²) in [5.41, 5.74) is 0.471. The topological polar surface area (TPSA) is 81.7 Å². The zero-order chi connectivity index (χ0) is 24.8. The van der Waals surface area contributed by atoms with Gasteiger partial charge in [-0.15, -0.1) is 0 Å². The lowest BCUT2D eigenvalue weighted by atomic mass is 9.75. The number of rotatable bonds is 7. The molecule has 0 aliphatic heterocycles. The molecule has 0 bridgehead atoms. The van der Waals surface area contributed by atoms with Gasteiger partial charge in [0.1, 0.15) is 6.10 Å². The van der Waals surface area contributed by atoms with Crippen molar-refractivity contribution in [3.05, 3.63) is 63.6 Å². The molecule has 34 heavy (non-hydrogen) atoms. The van der Waals surface area contributed by atoms with E-state index in [-0.39, 0.29) is 33.2 Å². The Labute approximate surface area is 209 Å². The quantitative estimate of drug-likeness (QED) is 0.439. The lowest BCUT2D eigenvalue weighted by molar-refractivity contribution is -0.119. The molecule has 0 saturated heterocycles. The monoisotopic (exact) mass is 505 g/mol. The van der Waals surface area contributed by atoms with E-state index in [0.717, 1.165) is 19.3 Å². The molecule has 8 heteroatoms. The van der Waals surface area contributed by atoms with Crippen LogP contribution in [0.1, 0.15) is 60.7 Å². The summed E-state index contributed by atoms with van der Waals surface area (Å²) in [6, 6.07) is 11.1. The summed E-state index contributed by atoms with van der Waals surface area (Å²) in [5, 5.41) is 3.02. The average Bonchev–Trinajstić information content (AvgIpc) is 2.80. The molecule has 1 fully saturated rings. The SMILES string of the molecule is CC(C)[C@H]1CC[C@@H](C)C[C@@H]1OC(=O)c1ccccc1C(=O)OCC(=O)Nc1cccc(Cl)c1Cl. The number of carbonyl (C=O) groups is 3. The molecule has 0 unspecified atom stereocenters. The highest BCUT2D eigenvalue weighted by molar-refractivity contribution is 6.44. The lowest BCUT2D eigenvalue weighted by Gasteiger charge is -2.36. The fourth-order valence-electron chi connectivity index (χ4n) is 4.29. The number of nitrogens with one attached hydrogen (secondary N) is 1. The Bertz CT molecular complexity index is 1060. The standard InChI is InChI=1S/C26H29Cl2NO5/c1-15(2)17-12-11-16(3)13-22(17)34-26(32)19-8-5-4-7-18(19)25(31)33-14-23(30)29-21-10-6-9-20(27)24(21)28/h4-10,15-17,22H,11-14H2,1-3H3,(H,29,30)/t16-,17-,22+/m1/s1. The molecule has 6 nitrogen and oxygen atoms in total. The van der Waals surface area contributed by atoms with Gasteiger partial charge in [0.05, 0.1) is 26.9 Å². The van der Waals surface area contributed by atoms with Gasteiger partial charge >= 0.3 is 11.9 Å². The first-order valence-corrected chi connectivity index (χ1v) is 12.1. The van der Waals surface area contributed by atoms with Gasteiger partial charge in [-0.2, -0.15) is 0 Å². The minimum Gasteiger partial charge on any atom is -0.458 e. The second-order valence-electron chi connectivity index (χ2n) is 9.04. The van der Waals surface area contributed by atoms with Gasteiger partial charge in [0, 0.05) is 0 Å². The van der Waals surface area contributed by atoms with Crippen LogP contribution in [0, 0.1) is 17.8 Å². The average molecular weight is 506 g/mol. The predicted molar refractivity (Wildman–Crippen MR) is 132 cm³/mol. The Morgan fingerprint density at radius 1 is 1.00 bits per heavy atom. The van der Waals surface area contributed by atoms with Gasteiger partial charge in [-0.1, -0.05) is 68.6 Å². The number of halogens is 2. The van der Waals surface area contributed by atoms with Crippen LogP contribution in [0.3, 0.4) is 0 Å². The number of ether oxygens (including phenoxy) is 2. The molecule has 2 aromatic rings. The lowest BCUT2D eigenvalue weighted by Crippen LogP contribution is -2.36. The summed E-state index contributed by atoms with van der Waals surface area (Å²) in [4.78, 5) is 38.0. The van der Waals surface area contributed by atoms with Crippen LogP contribution in [0.2, 0.25) is 10.0 Å². The fourth-order valence-corrected chi connectivity index (χ4v) is 4.63. The molecule has 0 aromatic heterocycles. The number of hydrogen-bond acceptors (Lipinski definition) is 5. The molecule has 1 saturated carbocycles. The second-order valence-corrected chi connectivity index (χ2v) is 9.83. The Hall–Kier alpha value is -2.57. The van der Waals surface area contributed by atoms with Crippen molar-refractivity contribution in [2.45, 2.75) is 46.1 Å². The highest BCUT2D eigenvalue weighted by atomic mass is 35.5. The predicted octanol–water partition coefficient (Wildman–Crippen LogP) is 6.41. The Balaban J connectivity index is 1.65. The summed E-state index contributed by atoms with van der Waals surface area (Å²) in [6.07, 6.45) is 2.72. The molecule has 182 valence electrons. The molecule has 2 aromatic carbocycles. The van der Waals surface area contributed by atoms with Crippen molar-refractivity contribution in [3.8, 4) is 0 Å². The third-order valence-electron chi connectivity index (χ3n) is 6.15. The molecule has 0 radical (unpaired) electrons. The summed E-state index contributed by atoms with van der Waals surface area (Å²) in [5.74, 6) is -0.809. The van der Waals surface area contributed by atoms with Crippen molar-refractivity contribution in [1.82, 2.24) is 0 Å². The number of benzene rings is 2. The molecule has 1 amide bonds. The van der Waals surface area contributed by atoms with Crippen molar-refractivity contribution >= 4 is 46.7 Å². The van der Waals surface area contributed by atoms with Crippen LogP contribution in [-0.2, 0) is 14.3 Å².